The van der Waals surface area contributed by atoms with Crippen molar-refractivity contribution < 1.29 is 14.6 Å². The molecule has 1 rings (SSSR count). The highest BCUT2D eigenvalue weighted by molar-refractivity contribution is 5.76. The number of esters is 1. The first-order valence-electron chi connectivity index (χ1n) is 6.78. The number of aliphatic hydroxyl groups is 1. The first-order chi connectivity index (χ1) is 9.19. The molecule has 4 heteroatoms. The summed E-state index contributed by atoms with van der Waals surface area (Å²) in [4.78, 5) is 12.0. The van der Waals surface area contributed by atoms with Crippen molar-refractivity contribution in [3.63, 3.8) is 0 Å². The molecule has 2 N–H and O–H groups in total. The van der Waals surface area contributed by atoms with E-state index in [0.29, 0.717) is 6.42 Å². The van der Waals surface area contributed by atoms with E-state index in [2.05, 4.69) is 5.32 Å². The first-order valence-corrected chi connectivity index (χ1v) is 6.78. The van der Waals surface area contributed by atoms with Gasteiger partial charge in [-0.1, -0.05) is 37.3 Å². The fraction of sp³-hybridized carbons (Fsp3) is 0.533. The molecule has 0 fully saturated rings. The second-order valence-corrected chi connectivity index (χ2v) is 4.51. The van der Waals surface area contributed by atoms with Gasteiger partial charge in [0.15, 0.2) is 0 Å². The number of nitrogens with one attached hydrogen (secondary N) is 1. The van der Waals surface area contributed by atoms with Gasteiger partial charge in [-0.05, 0) is 31.9 Å². The Kier molecular flexibility index (Phi) is 7.15. The predicted octanol–water partition coefficient (Wildman–Crippen LogP) is 2.04. The first kappa shape index (κ1) is 15.7. The van der Waals surface area contributed by atoms with E-state index < -0.39 is 6.04 Å². The van der Waals surface area contributed by atoms with Gasteiger partial charge in [-0.15, -0.1) is 0 Å². The Morgan fingerprint density at radius 1 is 1.37 bits per heavy atom. The number of carbonyl (C=O) groups excluding carboxylic acids is 1. The third kappa shape index (κ3) is 5.41. The second-order valence-electron chi connectivity index (χ2n) is 4.51. The summed E-state index contributed by atoms with van der Waals surface area (Å²) in [6.45, 7) is 4.58. The second kappa shape index (κ2) is 8.67. The monoisotopic (exact) mass is 265 g/mol. The maximum Gasteiger partial charge on any atom is 0.323 e. The molecule has 106 valence electrons. The van der Waals surface area contributed by atoms with Crippen LogP contribution in [-0.4, -0.2) is 30.3 Å². The fourth-order valence-electron chi connectivity index (χ4n) is 1.80. The van der Waals surface area contributed by atoms with Crippen LogP contribution in [0.3, 0.4) is 0 Å². The number of benzene rings is 1. The largest absolute Gasteiger partial charge is 0.457 e. The Morgan fingerprint density at radius 3 is 2.63 bits per heavy atom. The van der Waals surface area contributed by atoms with Gasteiger partial charge < -0.3 is 15.2 Å². The lowest BCUT2D eigenvalue weighted by atomic mass is 10.1. The lowest BCUT2D eigenvalue weighted by molar-refractivity contribution is -0.151. The molecule has 0 saturated carbocycles. The molecular weight excluding hydrogens is 242 g/mol. The smallest absolute Gasteiger partial charge is 0.323 e. The van der Waals surface area contributed by atoms with Gasteiger partial charge >= 0.3 is 5.97 Å². The molecular formula is C15H23NO3. The van der Waals surface area contributed by atoms with Crippen LogP contribution in [-0.2, 0) is 9.53 Å². The summed E-state index contributed by atoms with van der Waals surface area (Å²) in [7, 11) is 0. The average molecular weight is 265 g/mol. The molecule has 0 aromatic heterocycles. The zero-order valence-corrected chi connectivity index (χ0v) is 11.6. The molecule has 4 nitrogen and oxygen atoms in total. The fourth-order valence-corrected chi connectivity index (χ4v) is 1.80. The van der Waals surface area contributed by atoms with Crippen LogP contribution < -0.4 is 5.32 Å². The van der Waals surface area contributed by atoms with Crippen molar-refractivity contribution in [3.05, 3.63) is 35.9 Å². The predicted molar refractivity (Wildman–Crippen MR) is 74.7 cm³/mol. The molecule has 0 heterocycles. The van der Waals surface area contributed by atoms with Crippen LogP contribution in [0.5, 0.6) is 0 Å². The third-order valence-electron chi connectivity index (χ3n) is 2.90. The van der Waals surface area contributed by atoms with E-state index in [1.165, 1.54) is 0 Å². The van der Waals surface area contributed by atoms with Crippen LogP contribution in [0.1, 0.15) is 38.4 Å². The van der Waals surface area contributed by atoms with Crippen molar-refractivity contribution in [2.24, 2.45) is 0 Å². The van der Waals surface area contributed by atoms with Crippen LogP contribution in [0, 0.1) is 0 Å². The molecule has 0 unspecified atom stereocenters. The minimum Gasteiger partial charge on any atom is -0.457 e. The van der Waals surface area contributed by atoms with E-state index in [0.717, 1.165) is 18.5 Å². The number of hydrogen-bond acceptors (Lipinski definition) is 4. The van der Waals surface area contributed by atoms with E-state index >= 15 is 0 Å². The topological polar surface area (TPSA) is 58.6 Å². The van der Waals surface area contributed by atoms with Crippen molar-refractivity contribution in [2.75, 3.05) is 13.2 Å². The maximum absolute atomic E-state index is 12.0. The summed E-state index contributed by atoms with van der Waals surface area (Å²) in [6, 6.07) is 9.18. The summed E-state index contributed by atoms with van der Waals surface area (Å²) >= 11 is 0. The molecule has 0 aliphatic heterocycles. The molecule has 0 radical (unpaired) electrons. The Morgan fingerprint density at radius 2 is 2.05 bits per heavy atom. The highest BCUT2D eigenvalue weighted by Crippen LogP contribution is 2.17. The van der Waals surface area contributed by atoms with Crippen LogP contribution in [0.25, 0.3) is 0 Å². The van der Waals surface area contributed by atoms with Crippen LogP contribution in [0.15, 0.2) is 30.3 Å². The third-order valence-corrected chi connectivity index (χ3v) is 2.90. The summed E-state index contributed by atoms with van der Waals surface area (Å²) < 4.78 is 5.44. The minimum absolute atomic E-state index is 0.0315. The molecule has 2 atom stereocenters. The quantitative estimate of drug-likeness (QED) is 0.706. The number of hydrogen-bond donors (Lipinski definition) is 2. The zero-order chi connectivity index (χ0) is 14.1. The minimum atomic E-state index is -0.434. The number of rotatable bonds is 8. The standard InChI is InChI=1S/C15H23NO3/c1-3-10-16-14(9-11-17)15(18)19-12(2)13-7-5-4-6-8-13/h4-8,12,14,16-17H,3,9-11H2,1-2H3/t12-,14-/m0/s1. The summed E-state index contributed by atoms with van der Waals surface area (Å²) in [5.41, 5.74) is 0.967. The lowest BCUT2D eigenvalue weighted by Crippen LogP contribution is -2.39. The van der Waals surface area contributed by atoms with Gasteiger partial charge in [-0.2, -0.15) is 0 Å². The molecule has 1 aromatic rings. The SMILES string of the molecule is CCCN[C@@H](CCO)C(=O)O[C@@H](C)c1ccccc1. The highest BCUT2D eigenvalue weighted by atomic mass is 16.5. The van der Waals surface area contributed by atoms with Crippen LogP contribution >= 0.6 is 0 Å². The molecule has 0 amide bonds. The van der Waals surface area contributed by atoms with E-state index in [-0.39, 0.29) is 18.7 Å². The number of ether oxygens (including phenoxy) is 1. The Labute approximate surface area is 114 Å². The van der Waals surface area contributed by atoms with Gasteiger partial charge in [0, 0.05) is 6.61 Å². The van der Waals surface area contributed by atoms with Gasteiger partial charge in [-0.3, -0.25) is 4.79 Å². The molecule has 0 saturated heterocycles. The van der Waals surface area contributed by atoms with E-state index in [9.17, 15) is 4.79 Å². The van der Waals surface area contributed by atoms with Crippen LogP contribution in [0.4, 0.5) is 0 Å². The normalized spacial score (nSPS) is 13.8. The van der Waals surface area contributed by atoms with Crippen LogP contribution in [0.2, 0.25) is 0 Å². The molecule has 1 aromatic carbocycles. The zero-order valence-electron chi connectivity index (χ0n) is 11.6. The molecule has 0 spiro atoms. The van der Waals surface area contributed by atoms with E-state index in [1.54, 1.807) is 0 Å². The summed E-state index contributed by atoms with van der Waals surface area (Å²) in [6.07, 6.45) is 1.03. The van der Waals surface area contributed by atoms with E-state index in [1.807, 2.05) is 44.2 Å². The van der Waals surface area contributed by atoms with Crippen molar-refractivity contribution in [2.45, 2.75) is 38.8 Å². The van der Waals surface area contributed by atoms with Crippen molar-refractivity contribution in [1.82, 2.24) is 5.32 Å². The van der Waals surface area contributed by atoms with Gasteiger partial charge in [0.25, 0.3) is 0 Å². The average Bonchev–Trinajstić information content (AvgIpc) is 2.44. The molecule has 0 bridgehead atoms. The molecule has 19 heavy (non-hydrogen) atoms. The summed E-state index contributed by atoms with van der Waals surface area (Å²) in [5.74, 6) is -0.307. The van der Waals surface area contributed by atoms with Gasteiger partial charge in [0.05, 0.1) is 0 Å². The highest BCUT2D eigenvalue weighted by Gasteiger charge is 2.21. The van der Waals surface area contributed by atoms with Gasteiger partial charge in [-0.25, -0.2) is 0 Å². The Balaban J connectivity index is 2.55. The lowest BCUT2D eigenvalue weighted by Gasteiger charge is -2.20. The summed E-state index contributed by atoms with van der Waals surface area (Å²) in [5, 5.41) is 12.1. The number of aliphatic hydroxyl groups excluding tert-OH is 1. The van der Waals surface area contributed by atoms with Gasteiger partial charge in [0.2, 0.25) is 0 Å². The molecule has 0 aliphatic carbocycles. The Bertz CT molecular complexity index is 367. The number of carbonyl (C=O) groups is 1. The van der Waals surface area contributed by atoms with Crippen molar-refractivity contribution in [3.8, 4) is 0 Å². The van der Waals surface area contributed by atoms with Gasteiger partial charge in [0.1, 0.15) is 12.1 Å². The van der Waals surface area contributed by atoms with Crippen molar-refractivity contribution >= 4 is 5.97 Å². The van der Waals surface area contributed by atoms with Crippen molar-refractivity contribution in [1.29, 1.82) is 0 Å². The molecule has 0 aliphatic rings. The maximum atomic E-state index is 12.0. The Hall–Kier alpha value is -1.39. The van der Waals surface area contributed by atoms with E-state index in [4.69, 9.17) is 9.84 Å².